The van der Waals surface area contributed by atoms with Crippen molar-refractivity contribution in [3.8, 4) is 0 Å². The van der Waals surface area contributed by atoms with Crippen LogP contribution in [0.5, 0.6) is 0 Å². The Morgan fingerprint density at radius 2 is 2.07 bits per heavy atom. The number of hydrogen-bond donors (Lipinski definition) is 2. The average molecular weight is 502 g/mol. The highest BCUT2D eigenvalue weighted by Crippen LogP contribution is 2.40. The highest BCUT2D eigenvalue weighted by Gasteiger charge is 2.31. The maximum atomic E-state index is 4.77. The molecule has 2 heterocycles. The molecule has 3 rings (SSSR count). The summed E-state index contributed by atoms with van der Waals surface area (Å²) in [6, 6.07) is 4.23. The van der Waals surface area contributed by atoms with Gasteiger partial charge in [0, 0.05) is 18.5 Å². The Bertz CT molecular complexity index is 719. The topological polar surface area (TPSA) is 67.1 Å². The largest absolute Gasteiger partial charge is 0.356 e. The van der Waals surface area contributed by atoms with Gasteiger partial charge in [0.05, 0.1) is 6.54 Å². The summed E-state index contributed by atoms with van der Waals surface area (Å²) in [5.41, 5.74) is 0.423. The van der Waals surface area contributed by atoms with Crippen LogP contribution in [0.25, 0.3) is 0 Å². The number of rotatable bonds is 7. The first-order chi connectivity index (χ1) is 12.6. The molecule has 0 radical (unpaired) electrons. The highest BCUT2D eigenvalue weighted by atomic mass is 127. The molecule has 0 aliphatic heterocycles. The maximum absolute atomic E-state index is 4.77. The average Bonchev–Trinajstić information content (AvgIpc) is 3.39. The molecule has 150 valence electrons. The molecule has 0 spiro atoms. The van der Waals surface area contributed by atoms with E-state index in [0.29, 0.717) is 12.0 Å². The molecule has 1 aliphatic rings. The van der Waals surface area contributed by atoms with Crippen LogP contribution in [-0.2, 0) is 20.1 Å². The molecule has 0 bridgehead atoms. The second-order valence-electron chi connectivity index (χ2n) is 7.23. The third kappa shape index (κ3) is 5.91. The number of aliphatic imine (C=N–C) groups is 1. The van der Waals surface area contributed by atoms with Gasteiger partial charge in [-0.15, -0.1) is 45.5 Å². The summed E-state index contributed by atoms with van der Waals surface area (Å²) in [6.07, 6.45) is 6.56. The lowest BCUT2D eigenvalue weighted by atomic mass is 9.83. The lowest BCUT2D eigenvalue weighted by molar-refractivity contribution is 0.283. The van der Waals surface area contributed by atoms with Crippen molar-refractivity contribution in [2.24, 2.45) is 17.5 Å². The van der Waals surface area contributed by atoms with Gasteiger partial charge in [0.1, 0.15) is 12.4 Å². The number of nitrogens with zero attached hydrogens (tertiary/aromatic N) is 4. The Kier molecular flexibility index (Phi) is 8.53. The minimum atomic E-state index is 0. The Labute approximate surface area is 183 Å². The first-order valence-electron chi connectivity index (χ1n) is 9.51. The second-order valence-corrected chi connectivity index (χ2v) is 8.27. The zero-order valence-corrected chi connectivity index (χ0v) is 19.6. The van der Waals surface area contributed by atoms with Crippen molar-refractivity contribution in [1.29, 1.82) is 0 Å². The predicted octanol–water partition coefficient (Wildman–Crippen LogP) is 4.01. The quantitative estimate of drug-likeness (QED) is 0.341. The third-order valence-electron chi connectivity index (χ3n) is 5.62. The van der Waals surface area contributed by atoms with Gasteiger partial charge in [-0.3, -0.25) is 0 Å². The summed E-state index contributed by atoms with van der Waals surface area (Å²) in [7, 11) is 1.98. The summed E-state index contributed by atoms with van der Waals surface area (Å²) in [6.45, 7) is 6.57. The van der Waals surface area contributed by atoms with Crippen LogP contribution in [0.15, 0.2) is 22.5 Å². The van der Waals surface area contributed by atoms with Gasteiger partial charge in [0.15, 0.2) is 11.8 Å². The lowest BCUT2D eigenvalue weighted by Gasteiger charge is -2.28. The van der Waals surface area contributed by atoms with E-state index in [1.54, 1.807) is 11.3 Å². The van der Waals surface area contributed by atoms with E-state index >= 15 is 0 Å². The molecular formula is C19H31IN6S. The number of hydrogen-bond acceptors (Lipinski definition) is 4. The van der Waals surface area contributed by atoms with Gasteiger partial charge in [-0.2, -0.15) is 0 Å². The molecule has 0 aromatic carbocycles. The standard InChI is InChI=1S/C19H30N6S.HI/c1-4-19(9-5-6-10-19)14-22-18(20-12-16-8-7-11-26-16)21-13-17-24-23-15(2)25(17)3;/h7-8,11H,4-6,9-10,12-14H2,1-3H3,(H2,20,21,22);1H. The van der Waals surface area contributed by atoms with Crippen molar-refractivity contribution < 1.29 is 0 Å². The molecule has 0 saturated heterocycles. The monoisotopic (exact) mass is 502 g/mol. The van der Waals surface area contributed by atoms with E-state index in [2.05, 4.69) is 45.3 Å². The summed E-state index contributed by atoms with van der Waals surface area (Å²) in [4.78, 5) is 6.08. The molecule has 2 aromatic rings. The van der Waals surface area contributed by atoms with Crippen molar-refractivity contribution in [2.75, 3.05) is 6.54 Å². The SMILES string of the molecule is CCC1(CNC(=NCc2nnc(C)n2C)NCc2cccs2)CCCC1.I. The van der Waals surface area contributed by atoms with Crippen molar-refractivity contribution in [1.82, 2.24) is 25.4 Å². The Hall–Kier alpha value is -1.16. The molecule has 27 heavy (non-hydrogen) atoms. The molecule has 0 amide bonds. The van der Waals surface area contributed by atoms with E-state index in [9.17, 15) is 0 Å². The molecular weight excluding hydrogens is 471 g/mol. The number of nitrogens with one attached hydrogen (secondary N) is 2. The summed E-state index contributed by atoms with van der Waals surface area (Å²) < 4.78 is 1.99. The Morgan fingerprint density at radius 3 is 2.67 bits per heavy atom. The Morgan fingerprint density at radius 1 is 1.30 bits per heavy atom. The lowest BCUT2D eigenvalue weighted by Crippen LogP contribution is -2.42. The van der Waals surface area contributed by atoms with Gasteiger partial charge in [-0.1, -0.05) is 25.8 Å². The molecule has 8 heteroatoms. The second kappa shape index (κ2) is 10.4. The van der Waals surface area contributed by atoms with E-state index in [1.807, 2.05) is 18.5 Å². The fraction of sp³-hybridized carbons (Fsp3) is 0.632. The normalized spacial score (nSPS) is 16.2. The van der Waals surface area contributed by atoms with Crippen molar-refractivity contribution in [3.63, 3.8) is 0 Å². The van der Waals surface area contributed by atoms with Gasteiger partial charge in [-0.05, 0) is 43.0 Å². The first kappa shape index (κ1) is 22.1. The van der Waals surface area contributed by atoms with Crippen molar-refractivity contribution >= 4 is 41.3 Å². The molecule has 0 atom stereocenters. The summed E-state index contributed by atoms with van der Waals surface area (Å²) in [5, 5.41) is 17.5. The molecule has 1 aliphatic carbocycles. The van der Waals surface area contributed by atoms with E-state index in [1.165, 1.54) is 37.0 Å². The van der Waals surface area contributed by atoms with Gasteiger partial charge in [-0.25, -0.2) is 4.99 Å². The minimum Gasteiger partial charge on any atom is -0.356 e. The number of guanidine groups is 1. The van der Waals surface area contributed by atoms with E-state index < -0.39 is 0 Å². The molecule has 1 saturated carbocycles. The number of thiophene rings is 1. The number of aromatic nitrogens is 3. The van der Waals surface area contributed by atoms with Crippen LogP contribution >= 0.6 is 35.3 Å². The minimum absolute atomic E-state index is 0. The van der Waals surface area contributed by atoms with E-state index in [0.717, 1.165) is 30.7 Å². The van der Waals surface area contributed by atoms with Gasteiger partial charge >= 0.3 is 0 Å². The van der Waals surface area contributed by atoms with Crippen LogP contribution in [0, 0.1) is 12.3 Å². The maximum Gasteiger partial charge on any atom is 0.192 e. The van der Waals surface area contributed by atoms with Crippen LogP contribution in [-0.4, -0.2) is 27.3 Å². The van der Waals surface area contributed by atoms with Gasteiger partial charge in [0.25, 0.3) is 0 Å². The predicted molar refractivity (Wildman–Crippen MR) is 123 cm³/mol. The zero-order chi connectivity index (χ0) is 18.4. The van der Waals surface area contributed by atoms with Crippen molar-refractivity contribution in [3.05, 3.63) is 34.0 Å². The zero-order valence-electron chi connectivity index (χ0n) is 16.5. The van der Waals surface area contributed by atoms with Crippen molar-refractivity contribution in [2.45, 2.75) is 59.0 Å². The molecule has 1 fully saturated rings. The number of aryl methyl sites for hydroxylation is 1. The molecule has 0 unspecified atom stereocenters. The van der Waals surface area contributed by atoms with Crippen LogP contribution in [0.4, 0.5) is 0 Å². The molecule has 6 nitrogen and oxygen atoms in total. The van der Waals surface area contributed by atoms with Crippen LogP contribution in [0.3, 0.4) is 0 Å². The fourth-order valence-electron chi connectivity index (χ4n) is 3.55. The fourth-order valence-corrected chi connectivity index (χ4v) is 4.19. The molecule has 2 N–H and O–H groups in total. The van der Waals surface area contributed by atoms with E-state index in [4.69, 9.17) is 4.99 Å². The van der Waals surface area contributed by atoms with Gasteiger partial charge < -0.3 is 15.2 Å². The van der Waals surface area contributed by atoms with Gasteiger partial charge in [0.2, 0.25) is 0 Å². The summed E-state index contributed by atoms with van der Waals surface area (Å²) in [5.74, 6) is 2.65. The van der Waals surface area contributed by atoms with Crippen LogP contribution < -0.4 is 10.6 Å². The smallest absolute Gasteiger partial charge is 0.192 e. The Balaban J connectivity index is 0.00000261. The molecule has 2 aromatic heterocycles. The first-order valence-corrected chi connectivity index (χ1v) is 10.4. The third-order valence-corrected chi connectivity index (χ3v) is 6.49. The van der Waals surface area contributed by atoms with Crippen LogP contribution in [0.2, 0.25) is 0 Å². The number of halogens is 1. The summed E-state index contributed by atoms with van der Waals surface area (Å²) >= 11 is 1.76. The van der Waals surface area contributed by atoms with Crippen LogP contribution in [0.1, 0.15) is 55.6 Å². The highest BCUT2D eigenvalue weighted by molar-refractivity contribution is 14.0. The van der Waals surface area contributed by atoms with E-state index in [-0.39, 0.29) is 24.0 Å².